The third-order valence-corrected chi connectivity index (χ3v) is 3.18. The van der Waals surface area contributed by atoms with Gasteiger partial charge in [0.1, 0.15) is 0 Å². The first kappa shape index (κ1) is 15.9. The van der Waals surface area contributed by atoms with Gasteiger partial charge in [-0.1, -0.05) is 20.8 Å². The lowest BCUT2D eigenvalue weighted by Gasteiger charge is -2.33. The van der Waals surface area contributed by atoms with Gasteiger partial charge in [-0.05, 0) is 25.4 Å². The van der Waals surface area contributed by atoms with Crippen molar-refractivity contribution in [3.8, 4) is 0 Å². The maximum Gasteiger partial charge on any atom is 0.0826 e. The molecule has 1 aliphatic heterocycles. The van der Waals surface area contributed by atoms with Crippen LogP contribution in [0.25, 0.3) is 0 Å². The zero-order valence-corrected chi connectivity index (χ0v) is 12.4. The SMILES string of the molecule is CCCNCCN1CCO[C@H](CNCC(C)C)C1. The molecule has 0 radical (unpaired) electrons. The topological polar surface area (TPSA) is 36.5 Å². The standard InChI is InChI=1S/C14H31N3O/c1-4-5-15-6-7-17-8-9-18-14(12-17)11-16-10-13(2)3/h13-16H,4-12H2,1-3H3/t14-/m1/s1. The monoisotopic (exact) mass is 257 g/mol. The summed E-state index contributed by atoms with van der Waals surface area (Å²) in [6, 6.07) is 0. The summed E-state index contributed by atoms with van der Waals surface area (Å²) in [5.74, 6) is 0.711. The molecule has 0 unspecified atom stereocenters. The molecular formula is C14H31N3O. The van der Waals surface area contributed by atoms with Crippen LogP contribution in [0.2, 0.25) is 0 Å². The molecule has 0 spiro atoms. The van der Waals surface area contributed by atoms with Crippen molar-refractivity contribution in [2.75, 3.05) is 52.4 Å². The van der Waals surface area contributed by atoms with Crippen LogP contribution < -0.4 is 10.6 Å². The number of hydrogen-bond acceptors (Lipinski definition) is 4. The highest BCUT2D eigenvalue weighted by atomic mass is 16.5. The second-order valence-electron chi connectivity index (χ2n) is 5.60. The van der Waals surface area contributed by atoms with Gasteiger partial charge in [-0.15, -0.1) is 0 Å². The molecule has 0 aromatic rings. The number of rotatable bonds is 9. The average molecular weight is 257 g/mol. The third-order valence-electron chi connectivity index (χ3n) is 3.18. The minimum atomic E-state index is 0.365. The van der Waals surface area contributed by atoms with E-state index in [9.17, 15) is 0 Å². The van der Waals surface area contributed by atoms with Crippen LogP contribution in [-0.4, -0.2) is 63.4 Å². The van der Waals surface area contributed by atoms with E-state index in [0.29, 0.717) is 12.0 Å². The molecule has 4 nitrogen and oxygen atoms in total. The van der Waals surface area contributed by atoms with E-state index in [1.807, 2.05) is 0 Å². The van der Waals surface area contributed by atoms with Gasteiger partial charge in [-0.2, -0.15) is 0 Å². The first-order valence-corrected chi connectivity index (χ1v) is 7.47. The van der Waals surface area contributed by atoms with E-state index in [2.05, 4.69) is 36.3 Å². The van der Waals surface area contributed by atoms with Crippen LogP contribution in [0.4, 0.5) is 0 Å². The zero-order chi connectivity index (χ0) is 13.2. The fourth-order valence-corrected chi connectivity index (χ4v) is 2.18. The minimum Gasteiger partial charge on any atom is -0.374 e. The molecule has 2 N–H and O–H groups in total. The van der Waals surface area contributed by atoms with Crippen molar-refractivity contribution in [3.05, 3.63) is 0 Å². The number of ether oxygens (including phenoxy) is 1. The summed E-state index contributed by atoms with van der Waals surface area (Å²) in [6.07, 6.45) is 1.58. The predicted molar refractivity (Wildman–Crippen MR) is 77.0 cm³/mol. The van der Waals surface area contributed by atoms with Crippen molar-refractivity contribution in [3.63, 3.8) is 0 Å². The lowest BCUT2D eigenvalue weighted by Crippen LogP contribution is -2.48. The van der Waals surface area contributed by atoms with Crippen LogP contribution in [-0.2, 0) is 4.74 Å². The molecule has 1 atom stereocenters. The molecule has 0 saturated carbocycles. The molecule has 18 heavy (non-hydrogen) atoms. The first-order chi connectivity index (χ1) is 8.72. The maximum atomic E-state index is 5.79. The van der Waals surface area contributed by atoms with E-state index in [4.69, 9.17) is 4.74 Å². The molecule has 0 aromatic heterocycles. The summed E-state index contributed by atoms with van der Waals surface area (Å²) in [6.45, 7) is 15.1. The Bertz CT molecular complexity index is 199. The highest BCUT2D eigenvalue weighted by molar-refractivity contribution is 4.74. The van der Waals surface area contributed by atoms with Gasteiger partial charge in [0.25, 0.3) is 0 Å². The Labute approximate surface area is 112 Å². The van der Waals surface area contributed by atoms with E-state index in [1.165, 1.54) is 6.42 Å². The quantitative estimate of drug-likeness (QED) is 0.603. The van der Waals surface area contributed by atoms with Crippen LogP contribution in [0.1, 0.15) is 27.2 Å². The second kappa shape index (κ2) is 9.73. The van der Waals surface area contributed by atoms with E-state index in [0.717, 1.165) is 52.4 Å². The lowest BCUT2D eigenvalue weighted by molar-refractivity contribution is -0.0266. The molecule has 0 bridgehead atoms. The third kappa shape index (κ3) is 7.31. The van der Waals surface area contributed by atoms with Crippen molar-refractivity contribution >= 4 is 0 Å². The van der Waals surface area contributed by atoms with E-state index < -0.39 is 0 Å². The molecule has 1 saturated heterocycles. The Hall–Kier alpha value is -0.160. The van der Waals surface area contributed by atoms with Crippen LogP contribution in [0.5, 0.6) is 0 Å². The summed E-state index contributed by atoms with van der Waals surface area (Å²) >= 11 is 0. The first-order valence-electron chi connectivity index (χ1n) is 7.47. The number of nitrogens with zero attached hydrogens (tertiary/aromatic N) is 1. The van der Waals surface area contributed by atoms with Crippen molar-refractivity contribution in [2.24, 2.45) is 5.92 Å². The van der Waals surface area contributed by atoms with Crippen molar-refractivity contribution in [1.29, 1.82) is 0 Å². The summed E-state index contributed by atoms with van der Waals surface area (Å²) in [5.41, 5.74) is 0. The van der Waals surface area contributed by atoms with Gasteiger partial charge in [0, 0.05) is 32.7 Å². The molecule has 1 rings (SSSR count). The Balaban J connectivity index is 2.08. The highest BCUT2D eigenvalue weighted by Gasteiger charge is 2.19. The summed E-state index contributed by atoms with van der Waals surface area (Å²) in [7, 11) is 0. The lowest BCUT2D eigenvalue weighted by atomic mass is 10.2. The summed E-state index contributed by atoms with van der Waals surface area (Å²) < 4.78 is 5.79. The normalized spacial score (nSPS) is 21.7. The molecule has 108 valence electrons. The highest BCUT2D eigenvalue weighted by Crippen LogP contribution is 2.04. The van der Waals surface area contributed by atoms with Crippen molar-refractivity contribution < 1.29 is 4.74 Å². The average Bonchev–Trinajstić information content (AvgIpc) is 2.35. The zero-order valence-electron chi connectivity index (χ0n) is 12.4. The van der Waals surface area contributed by atoms with Crippen LogP contribution in [0.3, 0.4) is 0 Å². The number of nitrogens with one attached hydrogen (secondary N) is 2. The molecule has 0 amide bonds. The van der Waals surface area contributed by atoms with Gasteiger partial charge in [0.05, 0.1) is 12.7 Å². The maximum absolute atomic E-state index is 5.79. The van der Waals surface area contributed by atoms with Gasteiger partial charge in [-0.25, -0.2) is 0 Å². The molecule has 4 heteroatoms. The Kier molecular flexibility index (Phi) is 8.59. The molecular weight excluding hydrogens is 226 g/mol. The largest absolute Gasteiger partial charge is 0.374 e. The summed E-state index contributed by atoms with van der Waals surface area (Å²) in [5, 5.41) is 6.94. The molecule has 0 aromatic carbocycles. The van der Waals surface area contributed by atoms with Crippen molar-refractivity contribution in [1.82, 2.24) is 15.5 Å². The number of morpholine rings is 1. The van der Waals surface area contributed by atoms with Crippen molar-refractivity contribution in [2.45, 2.75) is 33.3 Å². The van der Waals surface area contributed by atoms with Crippen LogP contribution in [0.15, 0.2) is 0 Å². The van der Waals surface area contributed by atoms with E-state index >= 15 is 0 Å². The van der Waals surface area contributed by atoms with Gasteiger partial charge in [0.2, 0.25) is 0 Å². The Morgan fingerprint density at radius 2 is 2.11 bits per heavy atom. The second-order valence-corrected chi connectivity index (χ2v) is 5.60. The van der Waals surface area contributed by atoms with Gasteiger partial charge in [-0.3, -0.25) is 4.90 Å². The fraction of sp³-hybridized carbons (Fsp3) is 1.00. The van der Waals surface area contributed by atoms with E-state index in [-0.39, 0.29) is 0 Å². The number of hydrogen-bond donors (Lipinski definition) is 2. The van der Waals surface area contributed by atoms with Gasteiger partial charge in [0.15, 0.2) is 0 Å². The molecule has 1 fully saturated rings. The van der Waals surface area contributed by atoms with Gasteiger partial charge >= 0.3 is 0 Å². The smallest absolute Gasteiger partial charge is 0.0826 e. The van der Waals surface area contributed by atoms with E-state index in [1.54, 1.807) is 0 Å². The van der Waals surface area contributed by atoms with Gasteiger partial charge < -0.3 is 15.4 Å². The molecule has 1 aliphatic rings. The molecule has 1 heterocycles. The predicted octanol–water partition coefficient (Wildman–Crippen LogP) is 0.932. The molecule has 0 aliphatic carbocycles. The Morgan fingerprint density at radius 1 is 1.28 bits per heavy atom. The minimum absolute atomic E-state index is 0.365. The fourth-order valence-electron chi connectivity index (χ4n) is 2.18. The summed E-state index contributed by atoms with van der Waals surface area (Å²) in [4.78, 5) is 2.51. The van der Waals surface area contributed by atoms with Crippen LogP contribution >= 0.6 is 0 Å². The Morgan fingerprint density at radius 3 is 2.83 bits per heavy atom. The van der Waals surface area contributed by atoms with Crippen LogP contribution in [0, 0.1) is 5.92 Å².